The Morgan fingerprint density at radius 3 is 2.29 bits per heavy atom. The molecule has 0 unspecified atom stereocenters. The number of carbonyl (C=O) groups is 2. The van der Waals surface area contributed by atoms with Gasteiger partial charge >= 0.3 is 0 Å². The number of nitrogen functional groups attached to an aromatic ring is 1. The number of hydrogen-bond acceptors (Lipinski definition) is 4. The highest BCUT2D eigenvalue weighted by atomic mass is 35.5. The number of anilines is 1. The second-order valence-corrected chi connectivity index (χ2v) is 8.85. The van der Waals surface area contributed by atoms with Gasteiger partial charge in [-0.1, -0.05) is 43.5 Å². The van der Waals surface area contributed by atoms with Gasteiger partial charge in [-0.15, -0.1) is 12.4 Å². The molecule has 7 heteroatoms. The fraction of sp³-hybridized carbons (Fsp3) is 0.370. The zero-order valence-electron chi connectivity index (χ0n) is 19.5. The van der Waals surface area contributed by atoms with Crippen LogP contribution >= 0.6 is 12.4 Å². The second-order valence-electron chi connectivity index (χ2n) is 8.85. The largest absolute Gasteiger partial charge is 0.498 e. The van der Waals surface area contributed by atoms with E-state index < -0.39 is 0 Å². The summed E-state index contributed by atoms with van der Waals surface area (Å²) in [6.45, 7) is 0.349. The van der Waals surface area contributed by atoms with E-state index >= 15 is 0 Å². The van der Waals surface area contributed by atoms with Crippen LogP contribution in [0.5, 0.6) is 0 Å². The first-order chi connectivity index (χ1) is 16.0. The standard InChI is InChI=1S/C27H31N3O3.ClH/c1-33-24-17-30(22-14-12-21(13-15-22)26(28)29)27(32)25(24)20-10-7-18(8-11-20)9-16-23(31)19-5-3-2-4-6-19;/h7-8,10-15,19H,2-6,9,16-17H2,1H3,(H3,28,29);1H. The van der Waals surface area contributed by atoms with Gasteiger partial charge in [-0.25, -0.2) is 0 Å². The van der Waals surface area contributed by atoms with Gasteiger partial charge in [-0.2, -0.15) is 0 Å². The summed E-state index contributed by atoms with van der Waals surface area (Å²) in [4.78, 5) is 27.4. The van der Waals surface area contributed by atoms with Crippen molar-refractivity contribution in [1.29, 1.82) is 5.41 Å². The van der Waals surface area contributed by atoms with E-state index in [1.165, 1.54) is 19.3 Å². The SMILES string of the molecule is COC1=C(c2ccc(CCC(=O)C3CCCCC3)cc2)C(=O)N(c2ccc(C(=N)N)cc2)C1.Cl. The molecule has 180 valence electrons. The molecule has 1 saturated carbocycles. The molecule has 0 saturated heterocycles. The summed E-state index contributed by atoms with van der Waals surface area (Å²) in [6.07, 6.45) is 7.00. The van der Waals surface area contributed by atoms with Gasteiger partial charge in [0.25, 0.3) is 5.91 Å². The van der Waals surface area contributed by atoms with E-state index in [-0.39, 0.29) is 30.1 Å². The van der Waals surface area contributed by atoms with E-state index in [0.717, 1.165) is 36.1 Å². The third kappa shape index (κ3) is 5.50. The predicted octanol–water partition coefficient (Wildman–Crippen LogP) is 4.88. The van der Waals surface area contributed by atoms with Crippen LogP contribution in [-0.2, 0) is 20.7 Å². The number of carbonyl (C=O) groups excluding carboxylic acids is 2. The minimum Gasteiger partial charge on any atom is -0.498 e. The van der Waals surface area contributed by atoms with Crippen LogP contribution in [-0.4, -0.2) is 31.2 Å². The molecule has 1 aliphatic heterocycles. The lowest BCUT2D eigenvalue weighted by molar-refractivity contribution is -0.123. The maximum atomic E-state index is 13.2. The van der Waals surface area contributed by atoms with E-state index in [9.17, 15) is 9.59 Å². The molecule has 0 bridgehead atoms. The molecule has 0 aromatic heterocycles. The van der Waals surface area contributed by atoms with Crippen molar-refractivity contribution < 1.29 is 14.3 Å². The van der Waals surface area contributed by atoms with Gasteiger partial charge in [-0.05, 0) is 54.7 Å². The molecule has 1 amide bonds. The molecule has 0 atom stereocenters. The minimum absolute atomic E-state index is 0. The van der Waals surface area contributed by atoms with Crippen LogP contribution in [0.25, 0.3) is 5.57 Å². The normalized spacial score (nSPS) is 16.4. The predicted molar refractivity (Wildman–Crippen MR) is 137 cm³/mol. The lowest BCUT2D eigenvalue weighted by atomic mass is 9.84. The maximum Gasteiger partial charge on any atom is 0.262 e. The van der Waals surface area contributed by atoms with Crippen molar-refractivity contribution in [3.63, 3.8) is 0 Å². The van der Waals surface area contributed by atoms with Crippen molar-refractivity contribution in [2.75, 3.05) is 18.6 Å². The lowest BCUT2D eigenvalue weighted by Gasteiger charge is -2.20. The molecule has 2 aromatic rings. The van der Waals surface area contributed by atoms with E-state index in [0.29, 0.717) is 35.6 Å². The minimum atomic E-state index is -0.123. The number of rotatable bonds is 8. The summed E-state index contributed by atoms with van der Waals surface area (Å²) in [5, 5.41) is 7.53. The number of ketones is 1. The van der Waals surface area contributed by atoms with E-state index in [1.807, 2.05) is 24.3 Å². The monoisotopic (exact) mass is 481 g/mol. The molecule has 1 fully saturated rings. The zero-order chi connectivity index (χ0) is 23.4. The van der Waals surface area contributed by atoms with E-state index in [4.69, 9.17) is 15.9 Å². The molecule has 0 radical (unpaired) electrons. The molecular formula is C27H32ClN3O3. The van der Waals surface area contributed by atoms with Gasteiger partial charge in [0.2, 0.25) is 0 Å². The first kappa shape index (κ1) is 25.5. The Kier molecular flexibility index (Phi) is 8.51. The highest BCUT2D eigenvalue weighted by Gasteiger charge is 2.33. The van der Waals surface area contributed by atoms with Crippen molar-refractivity contribution >= 4 is 41.2 Å². The smallest absolute Gasteiger partial charge is 0.262 e. The van der Waals surface area contributed by atoms with Crippen LogP contribution in [0.2, 0.25) is 0 Å². The first-order valence-electron chi connectivity index (χ1n) is 11.6. The van der Waals surface area contributed by atoms with Crippen molar-refractivity contribution in [3.05, 3.63) is 71.0 Å². The fourth-order valence-electron chi connectivity index (χ4n) is 4.76. The number of aryl methyl sites for hydroxylation is 1. The molecule has 3 N–H and O–H groups in total. The molecule has 0 spiro atoms. The Balaban J connectivity index is 0.00000324. The average molecular weight is 482 g/mol. The highest BCUT2D eigenvalue weighted by Crippen LogP contribution is 2.33. The van der Waals surface area contributed by atoms with Crippen molar-refractivity contribution in [2.24, 2.45) is 11.7 Å². The molecular weight excluding hydrogens is 450 g/mol. The summed E-state index contributed by atoms with van der Waals surface area (Å²) in [6, 6.07) is 14.9. The number of methoxy groups -OCH3 is 1. The third-order valence-corrected chi connectivity index (χ3v) is 6.74. The fourth-order valence-corrected chi connectivity index (χ4v) is 4.76. The van der Waals surface area contributed by atoms with Crippen LogP contribution in [0.1, 0.15) is 55.2 Å². The molecule has 1 heterocycles. The van der Waals surface area contributed by atoms with Crippen LogP contribution in [0.3, 0.4) is 0 Å². The maximum absolute atomic E-state index is 13.2. The number of halogens is 1. The van der Waals surface area contributed by atoms with E-state index in [1.54, 1.807) is 36.3 Å². The number of nitrogens with one attached hydrogen (secondary N) is 1. The molecule has 1 aliphatic carbocycles. The van der Waals surface area contributed by atoms with Gasteiger partial charge in [0.1, 0.15) is 17.4 Å². The number of amidine groups is 1. The summed E-state index contributed by atoms with van der Waals surface area (Å²) in [7, 11) is 1.58. The zero-order valence-corrected chi connectivity index (χ0v) is 20.3. The summed E-state index contributed by atoms with van der Waals surface area (Å²) < 4.78 is 5.56. The van der Waals surface area contributed by atoms with Crippen LogP contribution < -0.4 is 10.6 Å². The molecule has 2 aromatic carbocycles. The van der Waals surface area contributed by atoms with Gasteiger partial charge in [0.15, 0.2) is 0 Å². The van der Waals surface area contributed by atoms with Gasteiger partial charge in [0, 0.05) is 23.6 Å². The van der Waals surface area contributed by atoms with E-state index in [2.05, 4.69) is 0 Å². The number of benzene rings is 2. The number of amides is 1. The highest BCUT2D eigenvalue weighted by molar-refractivity contribution is 6.29. The Hall–Kier alpha value is -3.12. The topological polar surface area (TPSA) is 96.5 Å². The van der Waals surface area contributed by atoms with Crippen LogP contribution in [0.15, 0.2) is 54.3 Å². The molecule has 2 aliphatic rings. The van der Waals surface area contributed by atoms with Gasteiger partial charge < -0.3 is 15.4 Å². The molecule has 34 heavy (non-hydrogen) atoms. The Morgan fingerprint density at radius 1 is 1.06 bits per heavy atom. The van der Waals surface area contributed by atoms with Crippen molar-refractivity contribution in [3.8, 4) is 0 Å². The number of nitrogens with zero attached hydrogens (tertiary/aromatic N) is 1. The number of ether oxygens (including phenoxy) is 1. The average Bonchev–Trinajstić information content (AvgIpc) is 3.19. The number of Topliss-reactive ketones (excluding diaryl/α,β-unsaturated/α-hetero) is 1. The summed E-state index contributed by atoms with van der Waals surface area (Å²) >= 11 is 0. The number of hydrogen-bond donors (Lipinski definition) is 2. The summed E-state index contributed by atoms with van der Waals surface area (Å²) in [5.41, 5.74) is 9.34. The van der Waals surface area contributed by atoms with Crippen LogP contribution in [0.4, 0.5) is 5.69 Å². The first-order valence-corrected chi connectivity index (χ1v) is 11.6. The summed E-state index contributed by atoms with van der Waals surface area (Å²) in [5.74, 6) is 1.13. The van der Waals surface area contributed by atoms with Gasteiger partial charge in [0.05, 0.1) is 19.2 Å². The van der Waals surface area contributed by atoms with Gasteiger partial charge in [-0.3, -0.25) is 15.0 Å². The quantitative estimate of drug-likeness (QED) is 0.415. The Labute approximate surface area is 207 Å². The number of nitrogens with two attached hydrogens (primary N) is 1. The van der Waals surface area contributed by atoms with Crippen molar-refractivity contribution in [1.82, 2.24) is 0 Å². The molecule has 6 nitrogen and oxygen atoms in total. The Bertz CT molecular complexity index is 1070. The lowest BCUT2D eigenvalue weighted by Crippen LogP contribution is -2.26. The Morgan fingerprint density at radius 2 is 1.71 bits per heavy atom. The third-order valence-electron chi connectivity index (χ3n) is 6.74. The van der Waals surface area contributed by atoms with Crippen molar-refractivity contribution in [2.45, 2.75) is 44.9 Å². The molecule has 4 rings (SSSR count). The second kappa shape index (κ2) is 11.3. The van der Waals surface area contributed by atoms with Crippen LogP contribution in [0, 0.1) is 11.3 Å².